The highest BCUT2D eigenvalue weighted by atomic mass is 31.2. The van der Waals surface area contributed by atoms with E-state index in [1.54, 1.807) is 34.6 Å². The summed E-state index contributed by atoms with van der Waals surface area (Å²) in [5.74, 6) is -3.48. The first-order valence-electron chi connectivity index (χ1n) is 12.0. The third-order valence-corrected chi connectivity index (χ3v) is 9.50. The first-order valence-corrected chi connectivity index (χ1v) is 17.2. The fourth-order valence-electron chi connectivity index (χ4n) is 4.82. The number of nitrogens with zero attached hydrogens (tertiary/aromatic N) is 1. The molecule has 2 fully saturated rings. The van der Waals surface area contributed by atoms with Gasteiger partial charge >= 0.3 is 13.6 Å². The highest BCUT2D eigenvalue weighted by Crippen LogP contribution is 2.52. The molecular weight excluding hydrogens is 509 g/mol. The van der Waals surface area contributed by atoms with Crippen molar-refractivity contribution >= 4 is 33.6 Å². The predicted octanol–water partition coefficient (Wildman–Crippen LogP) is 2.57. The second kappa shape index (κ2) is 10.6. The molecule has 0 saturated carbocycles. The van der Waals surface area contributed by atoms with Gasteiger partial charge in [-0.3, -0.25) is 19.1 Å². The van der Waals surface area contributed by atoms with Crippen LogP contribution in [0.3, 0.4) is 0 Å². The highest BCUT2D eigenvalue weighted by Gasteiger charge is 2.76. The Bertz CT molecular complexity index is 908. The zero-order chi connectivity index (χ0) is 27.9. The van der Waals surface area contributed by atoms with Crippen LogP contribution in [0.15, 0.2) is 0 Å². The monoisotopic (exact) mass is 551 g/mol. The highest BCUT2D eigenvalue weighted by molar-refractivity contribution is 7.54. The number of rotatable bonds is 11. The van der Waals surface area contributed by atoms with Crippen LogP contribution in [0.1, 0.15) is 41.0 Å². The van der Waals surface area contributed by atoms with Gasteiger partial charge in [-0.25, -0.2) is 4.79 Å². The third kappa shape index (κ3) is 5.79. The van der Waals surface area contributed by atoms with E-state index >= 15 is 0 Å². The molecule has 2 heterocycles. The standard InChI is InChI=1S/C23H42NO10PSi/c1-15(17(25)12-35(29,30-6)31-7)11-18(34-36(8,9)10)23(28)16(2)19(26)24-14-32-13-22(23,24)20(27)33-21(3,4)5/h15-16,18,28H,11-14H2,1-10H3/t15-,16+,18+,22-,23-/m1/s1. The van der Waals surface area contributed by atoms with E-state index < -0.39 is 74.4 Å². The van der Waals surface area contributed by atoms with Crippen molar-refractivity contribution in [2.45, 2.75) is 83.5 Å². The number of aliphatic hydroxyl groups is 1. The van der Waals surface area contributed by atoms with Gasteiger partial charge < -0.3 is 28.1 Å². The molecule has 2 aliphatic rings. The van der Waals surface area contributed by atoms with E-state index in [1.807, 2.05) is 19.6 Å². The SMILES string of the molecule is COP(=O)(CC(=O)[C@H](C)C[C@H](O[Si](C)(C)C)[C@]1(O)[C@@H](C)C(=O)N2COC[C@]21C(=O)OC(C)(C)C)OC. The molecule has 0 radical (unpaired) electrons. The fraction of sp³-hybridized carbons (Fsp3) is 0.870. The summed E-state index contributed by atoms with van der Waals surface area (Å²) in [5, 5.41) is 12.4. The molecule has 0 spiro atoms. The van der Waals surface area contributed by atoms with Crippen molar-refractivity contribution in [1.82, 2.24) is 4.90 Å². The Morgan fingerprint density at radius 2 is 1.81 bits per heavy atom. The molecule has 11 nitrogen and oxygen atoms in total. The van der Waals surface area contributed by atoms with Gasteiger partial charge in [0.15, 0.2) is 13.9 Å². The molecule has 5 atom stereocenters. The Labute approximate surface area is 214 Å². The van der Waals surface area contributed by atoms with E-state index in [1.165, 1.54) is 19.1 Å². The molecule has 1 N–H and O–H groups in total. The van der Waals surface area contributed by atoms with Crippen LogP contribution >= 0.6 is 7.60 Å². The average Bonchev–Trinajstić information content (AvgIpc) is 3.26. The molecule has 13 heteroatoms. The van der Waals surface area contributed by atoms with Gasteiger partial charge in [0, 0.05) is 20.1 Å². The molecule has 208 valence electrons. The lowest BCUT2D eigenvalue weighted by Gasteiger charge is -2.47. The molecule has 2 saturated heterocycles. The number of hydrogen-bond acceptors (Lipinski definition) is 10. The minimum Gasteiger partial charge on any atom is -0.458 e. The van der Waals surface area contributed by atoms with Crippen molar-refractivity contribution in [3.63, 3.8) is 0 Å². The lowest BCUT2D eigenvalue weighted by molar-refractivity contribution is -0.194. The first-order chi connectivity index (χ1) is 16.3. The number of ketones is 1. The normalized spacial score (nSPS) is 28.7. The van der Waals surface area contributed by atoms with Crippen molar-refractivity contribution < 1.29 is 47.0 Å². The summed E-state index contributed by atoms with van der Waals surface area (Å²) in [4.78, 5) is 41.3. The molecule has 0 aliphatic carbocycles. The maximum atomic E-state index is 13.7. The van der Waals surface area contributed by atoms with Crippen molar-refractivity contribution in [2.75, 3.05) is 33.7 Å². The predicted molar refractivity (Wildman–Crippen MR) is 134 cm³/mol. The number of carbonyl (C=O) groups excluding carboxylic acids is 3. The van der Waals surface area contributed by atoms with Crippen LogP contribution in [0.5, 0.6) is 0 Å². The molecule has 1 amide bonds. The summed E-state index contributed by atoms with van der Waals surface area (Å²) in [6.07, 6.45) is -1.60. The van der Waals surface area contributed by atoms with Gasteiger partial charge in [-0.15, -0.1) is 0 Å². The van der Waals surface area contributed by atoms with E-state index in [2.05, 4.69) is 0 Å². The lowest BCUT2D eigenvalue weighted by Crippen LogP contribution is -2.70. The zero-order valence-electron chi connectivity index (χ0n) is 23.1. The van der Waals surface area contributed by atoms with Gasteiger partial charge in [0.05, 0.1) is 18.6 Å². The molecule has 0 aromatic heterocycles. The first kappa shape index (κ1) is 31.1. The Morgan fingerprint density at radius 3 is 2.28 bits per heavy atom. The van der Waals surface area contributed by atoms with Crippen molar-refractivity contribution in [1.29, 1.82) is 0 Å². The van der Waals surface area contributed by atoms with Crippen LogP contribution in [-0.2, 0) is 41.9 Å². The summed E-state index contributed by atoms with van der Waals surface area (Å²) < 4.78 is 40.0. The van der Waals surface area contributed by atoms with E-state index in [4.69, 9.17) is 22.9 Å². The van der Waals surface area contributed by atoms with E-state index in [-0.39, 0.29) is 19.8 Å². The van der Waals surface area contributed by atoms with Gasteiger partial charge in [-0.1, -0.05) is 13.8 Å². The van der Waals surface area contributed by atoms with Crippen LogP contribution in [-0.4, -0.2) is 92.5 Å². The minimum atomic E-state index is -3.61. The third-order valence-electron chi connectivity index (χ3n) is 6.70. The Balaban J connectivity index is 2.57. The number of esters is 1. The summed E-state index contributed by atoms with van der Waals surface area (Å²) in [7, 11) is -3.61. The van der Waals surface area contributed by atoms with E-state index in [9.17, 15) is 24.1 Å². The van der Waals surface area contributed by atoms with Crippen LogP contribution in [0.25, 0.3) is 0 Å². The smallest absolute Gasteiger partial charge is 0.338 e. The van der Waals surface area contributed by atoms with Gasteiger partial charge in [-0.05, 0) is 46.8 Å². The maximum Gasteiger partial charge on any atom is 0.338 e. The Morgan fingerprint density at radius 1 is 1.25 bits per heavy atom. The Kier molecular flexibility index (Phi) is 9.11. The number of amides is 1. The van der Waals surface area contributed by atoms with Crippen LogP contribution in [0.4, 0.5) is 0 Å². The number of hydrogen-bond donors (Lipinski definition) is 1. The number of fused-ring (bicyclic) bond motifs is 1. The van der Waals surface area contributed by atoms with Crippen molar-refractivity contribution in [3.05, 3.63) is 0 Å². The molecule has 2 aliphatic heterocycles. The van der Waals surface area contributed by atoms with Crippen LogP contribution in [0.2, 0.25) is 19.6 Å². The molecule has 2 rings (SSSR count). The number of carbonyl (C=O) groups is 3. The molecule has 0 unspecified atom stereocenters. The topological polar surface area (TPSA) is 138 Å². The van der Waals surface area contributed by atoms with Gasteiger partial charge in [0.1, 0.15) is 29.9 Å². The quantitative estimate of drug-likeness (QED) is 0.232. The summed E-state index contributed by atoms with van der Waals surface area (Å²) in [5.41, 5.74) is -4.81. The molecule has 0 aromatic carbocycles. The minimum absolute atomic E-state index is 0.0387. The molecular formula is C23H42NO10PSi. The zero-order valence-corrected chi connectivity index (χ0v) is 25.0. The molecule has 0 aromatic rings. The second-order valence-corrected chi connectivity index (χ2v) is 18.3. The average molecular weight is 552 g/mol. The summed E-state index contributed by atoms with van der Waals surface area (Å²) in [6, 6.07) is 0. The van der Waals surface area contributed by atoms with Crippen LogP contribution < -0.4 is 0 Å². The number of ether oxygens (including phenoxy) is 2. The second-order valence-electron chi connectivity index (χ2n) is 11.6. The van der Waals surface area contributed by atoms with Gasteiger partial charge in [-0.2, -0.15) is 0 Å². The van der Waals surface area contributed by atoms with Gasteiger partial charge in [0.25, 0.3) is 0 Å². The van der Waals surface area contributed by atoms with E-state index in [0.29, 0.717) is 0 Å². The molecule has 0 bridgehead atoms. The van der Waals surface area contributed by atoms with Crippen molar-refractivity contribution in [3.8, 4) is 0 Å². The van der Waals surface area contributed by atoms with Crippen molar-refractivity contribution in [2.24, 2.45) is 11.8 Å². The molecule has 36 heavy (non-hydrogen) atoms. The maximum absolute atomic E-state index is 13.7. The van der Waals surface area contributed by atoms with E-state index in [0.717, 1.165) is 0 Å². The largest absolute Gasteiger partial charge is 0.458 e. The Hall–Kier alpha value is -1.14. The van der Waals surface area contributed by atoms with Crippen LogP contribution in [0, 0.1) is 11.8 Å². The summed E-state index contributed by atoms with van der Waals surface area (Å²) >= 11 is 0. The number of Topliss-reactive ketones (excluding diaryl/α,β-unsaturated/α-hetero) is 1. The lowest BCUT2D eigenvalue weighted by atomic mass is 9.70. The fourth-order valence-corrected chi connectivity index (χ4v) is 7.05. The van der Waals surface area contributed by atoms with Gasteiger partial charge in [0.2, 0.25) is 5.91 Å². The summed E-state index contributed by atoms with van der Waals surface area (Å²) in [6.45, 7) is 13.5.